The number of carbonyl (C=O) groups excluding carboxylic acids is 1. The molecule has 0 spiro atoms. The zero-order valence-corrected chi connectivity index (χ0v) is 13.7. The Morgan fingerprint density at radius 3 is 2.52 bits per heavy atom. The molecule has 1 aliphatic heterocycles. The number of carbonyl (C=O) groups is 1. The van der Waals surface area contributed by atoms with E-state index in [1.54, 1.807) is 19.2 Å². The Kier molecular flexibility index (Phi) is 5.25. The molecule has 0 aromatic heterocycles. The van der Waals surface area contributed by atoms with Crippen LogP contribution in [0.2, 0.25) is 0 Å². The van der Waals surface area contributed by atoms with Crippen LogP contribution in [0.15, 0.2) is 36.4 Å². The third kappa shape index (κ3) is 3.78. The average Bonchev–Trinajstić information content (AvgIpc) is 3.15. The third-order valence-corrected chi connectivity index (χ3v) is 4.24. The summed E-state index contributed by atoms with van der Waals surface area (Å²) >= 11 is 0. The molecule has 1 saturated heterocycles. The topological polar surface area (TPSA) is 62.4 Å². The first-order valence-corrected chi connectivity index (χ1v) is 7.95. The lowest BCUT2D eigenvalue weighted by Gasteiger charge is -2.15. The van der Waals surface area contributed by atoms with Crippen LogP contribution in [-0.2, 0) is 6.54 Å². The summed E-state index contributed by atoms with van der Waals surface area (Å²) < 4.78 is 32.6. The van der Waals surface area contributed by atoms with Gasteiger partial charge in [-0.05, 0) is 29.8 Å². The van der Waals surface area contributed by atoms with Crippen LogP contribution in [-0.4, -0.2) is 26.1 Å². The van der Waals surface area contributed by atoms with Gasteiger partial charge in [-0.1, -0.05) is 12.1 Å². The van der Waals surface area contributed by atoms with Crippen molar-refractivity contribution in [3.63, 3.8) is 0 Å². The van der Waals surface area contributed by atoms with E-state index in [9.17, 15) is 13.6 Å². The number of hydrogen-bond donors (Lipinski definition) is 3. The maximum Gasteiger partial charge on any atom is 0.251 e. The van der Waals surface area contributed by atoms with E-state index < -0.39 is 17.5 Å². The maximum absolute atomic E-state index is 13.6. The highest BCUT2D eigenvalue weighted by Crippen LogP contribution is 2.28. The monoisotopic (exact) mass is 347 g/mol. The predicted molar refractivity (Wildman–Crippen MR) is 89.3 cm³/mol. The highest BCUT2D eigenvalue weighted by molar-refractivity contribution is 5.94. The summed E-state index contributed by atoms with van der Waals surface area (Å²) in [7, 11) is 1.55. The molecular formula is C18H19F2N3O2. The maximum atomic E-state index is 13.6. The van der Waals surface area contributed by atoms with Gasteiger partial charge in [0.05, 0.1) is 7.11 Å². The van der Waals surface area contributed by atoms with Gasteiger partial charge in [0, 0.05) is 36.7 Å². The quantitative estimate of drug-likeness (QED) is 0.775. The van der Waals surface area contributed by atoms with Crippen LogP contribution >= 0.6 is 0 Å². The molecule has 2 aromatic carbocycles. The van der Waals surface area contributed by atoms with Gasteiger partial charge < -0.3 is 10.1 Å². The van der Waals surface area contributed by atoms with Crippen LogP contribution in [0.1, 0.15) is 27.4 Å². The Balaban J connectivity index is 1.73. The van der Waals surface area contributed by atoms with E-state index in [-0.39, 0.29) is 18.0 Å². The summed E-state index contributed by atoms with van der Waals surface area (Å²) in [5.74, 6) is -0.932. The van der Waals surface area contributed by atoms with Crippen molar-refractivity contribution < 1.29 is 18.3 Å². The van der Waals surface area contributed by atoms with Crippen molar-refractivity contribution in [3.05, 3.63) is 64.7 Å². The summed E-state index contributed by atoms with van der Waals surface area (Å²) in [4.78, 5) is 12.3. The normalized spacial score (nSPS) is 14.5. The van der Waals surface area contributed by atoms with E-state index in [0.717, 1.165) is 30.8 Å². The number of ether oxygens (including phenoxy) is 1. The van der Waals surface area contributed by atoms with Gasteiger partial charge in [-0.25, -0.2) is 8.78 Å². The van der Waals surface area contributed by atoms with Crippen LogP contribution in [0, 0.1) is 11.6 Å². The van der Waals surface area contributed by atoms with Gasteiger partial charge in [0.1, 0.15) is 17.4 Å². The molecule has 7 heteroatoms. The first-order valence-electron chi connectivity index (χ1n) is 7.95. The minimum Gasteiger partial charge on any atom is -0.496 e. The van der Waals surface area contributed by atoms with Crippen molar-refractivity contribution >= 4 is 5.91 Å². The van der Waals surface area contributed by atoms with E-state index in [4.69, 9.17) is 4.74 Å². The predicted octanol–water partition coefficient (Wildman–Crippen LogP) is 2.09. The number of amides is 1. The van der Waals surface area contributed by atoms with Crippen LogP contribution in [0.25, 0.3) is 0 Å². The summed E-state index contributed by atoms with van der Waals surface area (Å²) in [6.45, 7) is 1.32. The zero-order chi connectivity index (χ0) is 17.8. The van der Waals surface area contributed by atoms with Crippen molar-refractivity contribution in [3.8, 4) is 5.75 Å². The number of hydrogen-bond acceptors (Lipinski definition) is 4. The standard InChI is InChI=1S/C18H19F2N3O2/c1-25-17-7-11(5-6-13(17)12-8-22-23-9-12)18(24)21-10-14-15(19)3-2-4-16(14)20/h2-7,12,22-23H,8-10H2,1H3,(H,21,24). The molecule has 1 fully saturated rings. The van der Waals surface area contributed by atoms with E-state index in [0.29, 0.717) is 11.3 Å². The van der Waals surface area contributed by atoms with E-state index in [1.807, 2.05) is 6.07 Å². The SMILES string of the molecule is COc1cc(C(=O)NCc2c(F)cccc2F)ccc1C1CNNC1. The van der Waals surface area contributed by atoms with Gasteiger partial charge in [0.2, 0.25) is 0 Å². The lowest BCUT2D eigenvalue weighted by Crippen LogP contribution is -2.24. The Labute approximate surface area is 144 Å². The summed E-state index contributed by atoms with van der Waals surface area (Å²) in [5.41, 5.74) is 7.31. The number of hydrazine groups is 1. The second kappa shape index (κ2) is 7.58. The fourth-order valence-electron chi connectivity index (χ4n) is 2.84. The third-order valence-electron chi connectivity index (χ3n) is 4.24. The molecule has 0 unspecified atom stereocenters. The fraction of sp³-hybridized carbons (Fsp3) is 0.278. The lowest BCUT2D eigenvalue weighted by atomic mass is 9.97. The van der Waals surface area contributed by atoms with Gasteiger partial charge in [0.15, 0.2) is 0 Å². The average molecular weight is 347 g/mol. The molecule has 0 saturated carbocycles. The second-order valence-electron chi connectivity index (χ2n) is 5.80. The lowest BCUT2D eigenvalue weighted by molar-refractivity contribution is 0.0950. The number of benzene rings is 2. The molecule has 25 heavy (non-hydrogen) atoms. The van der Waals surface area contributed by atoms with E-state index >= 15 is 0 Å². The highest BCUT2D eigenvalue weighted by atomic mass is 19.1. The molecule has 1 amide bonds. The zero-order valence-electron chi connectivity index (χ0n) is 13.7. The van der Waals surface area contributed by atoms with Gasteiger partial charge in [-0.2, -0.15) is 0 Å². The van der Waals surface area contributed by atoms with Crippen molar-refractivity contribution in [2.45, 2.75) is 12.5 Å². The largest absolute Gasteiger partial charge is 0.496 e. The number of nitrogens with one attached hydrogen (secondary N) is 3. The molecule has 0 radical (unpaired) electrons. The minimum atomic E-state index is -0.686. The Morgan fingerprint density at radius 2 is 1.88 bits per heavy atom. The minimum absolute atomic E-state index is 0.164. The van der Waals surface area contributed by atoms with Gasteiger partial charge in [0.25, 0.3) is 5.91 Å². The van der Waals surface area contributed by atoms with Gasteiger partial charge in [-0.3, -0.25) is 15.6 Å². The van der Waals surface area contributed by atoms with E-state index in [2.05, 4.69) is 16.2 Å². The van der Waals surface area contributed by atoms with Crippen LogP contribution in [0.5, 0.6) is 5.75 Å². The molecule has 5 nitrogen and oxygen atoms in total. The van der Waals surface area contributed by atoms with Crippen molar-refractivity contribution in [2.24, 2.45) is 0 Å². The second-order valence-corrected chi connectivity index (χ2v) is 5.80. The van der Waals surface area contributed by atoms with Crippen molar-refractivity contribution in [2.75, 3.05) is 20.2 Å². The summed E-state index contributed by atoms with van der Waals surface area (Å²) in [6, 6.07) is 8.77. The number of rotatable bonds is 5. The van der Waals surface area contributed by atoms with Crippen LogP contribution < -0.4 is 20.9 Å². The van der Waals surface area contributed by atoms with Crippen LogP contribution in [0.3, 0.4) is 0 Å². The summed E-state index contributed by atoms with van der Waals surface area (Å²) in [6.07, 6.45) is 0. The van der Waals surface area contributed by atoms with Gasteiger partial charge >= 0.3 is 0 Å². The molecule has 3 N–H and O–H groups in total. The molecule has 132 valence electrons. The molecule has 1 aliphatic rings. The van der Waals surface area contributed by atoms with Crippen LogP contribution in [0.4, 0.5) is 8.78 Å². The van der Waals surface area contributed by atoms with Gasteiger partial charge in [-0.15, -0.1) is 0 Å². The number of methoxy groups -OCH3 is 1. The molecule has 2 aromatic rings. The smallest absolute Gasteiger partial charge is 0.251 e. The first-order chi connectivity index (χ1) is 12.1. The Hall–Kier alpha value is -2.51. The Bertz CT molecular complexity index is 757. The molecule has 0 atom stereocenters. The highest BCUT2D eigenvalue weighted by Gasteiger charge is 2.21. The molecule has 3 rings (SSSR count). The van der Waals surface area contributed by atoms with E-state index in [1.165, 1.54) is 6.07 Å². The summed E-state index contributed by atoms with van der Waals surface area (Å²) in [5, 5.41) is 2.54. The first kappa shape index (κ1) is 17.3. The Morgan fingerprint density at radius 1 is 1.20 bits per heavy atom. The number of halogens is 2. The van der Waals surface area contributed by atoms with Crippen molar-refractivity contribution in [1.82, 2.24) is 16.2 Å². The fourth-order valence-corrected chi connectivity index (χ4v) is 2.84. The van der Waals surface area contributed by atoms with Crippen molar-refractivity contribution in [1.29, 1.82) is 0 Å². The molecule has 0 bridgehead atoms. The molecule has 1 heterocycles. The molecule has 0 aliphatic carbocycles. The molecular weight excluding hydrogens is 328 g/mol.